The van der Waals surface area contributed by atoms with Crippen LogP contribution in [0.15, 0.2) is 24.3 Å². The van der Waals surface area contributed by atoms with E-state index < -0.39 is 0 Å². The Balaban J connectivity index is 1.67. The Kier molecular flexibility index (Phi) is 6.21. The molecule has 1 aromatic rings. The first-order valence-corrected chi connectivity index (χ1v) is 8.45. The van der Waals surface area contributed by atoms with Gasteiger partial charge in [-0.2, -0.15) is 0 Å². The van der Waals surface area contributed by atoms with Crippen LogP contribution < -0.4 is 10.1 Å². The topological polar surface area (TPSA) is 58.6 Å². The van der Waals surface area contributed by atoms with Gasteiger partial charge in [-0.1, -0.05) is 43.0 Å². The maximum atomic E-state index is 11.7. The molecule has 1 N–H and O–H groups in total. The van der Waals surface area contributed by atoms with E-state index in [1.807, 2.05) is 24.3 Å². The van der Waals surface area contributed by atoms with Gasteiger partial charge in [0.25, 0.3) is 5.91 Å². The lowest BCUT2D eigenvalue weighted by molar-refractivity contribution is -0.125. The van der Waals surface area contributed by atoms with Crippen LogP contribution in [0.25, 0.3) is 0 Å². The summed E-state index contributed by atoms with van der Waals surface area (Å²) >= 11 is 6.42. The average molecular weight is 338 g/mol. The smallest absolute Gasteiger partial charge is 0.258 e. The van der Waals surface area contributed by atoms with Crippen molar-refractivity contribution in [3.05, 3.63) is 29.8 Å². The fourth-order valence-electron chi connectivity index (χ4n) is 1.93. The molecule has 22 heavy (non-hydrogen) atoms. The molecular weight excluding hydrogens is 320 g/mol. The van der Waals surface area contributed by atoms with E-state index in [-0.39, 0.29) is 18.4 Å². The number of thiocarbonyl (C=S) groups is 1. The molecule has 1 fully saturated rings. The molecule has 1 aromatic carbocycles. The first-order chi connectivity index (χ1) is 10.6. The number of aryl methyl sites for hydroxylation is 1. The standard InChI is InChI=1S/C15H18N2O3S2/c1-2-11-3-5-12(6-4-11)20-9-13(18)16-7-8-17-14(19)10-22-15(17)21/h3-6H,2,7-10H2,1H3,(H,16,18). The Morgan fingerprint density at radius 1 is 1.41 bits per heavy atom. The van der Waals surface area contributed by atoms with Gasteiger partial charge < -0.3 is 10.1 Å². The number of nitrogens with zero attached hydrogens (tertiary/aromatic N) is 1. The zero-order chi connectivity index (χ0) is 15.9. The van der Waals surface area contributed by atoms with Gasteiger partial charge in [0.05, 0.1) is 5.75 Å². The van der Waals surface area contributed by atoms with Gasteiger partial charge in [-0.05, 0) is 24.1 Å². The summed E-state index contributed by atoms with van der Waals surface area (Å²) in [5, 5.41) is 2.72. The third kappa shape index (κ3) is 4.71. The fraction of sp³-hybridized carbons (Fsp3) is 0.400. The lowest BCUT2D eigenvalue weighted by Crippen LogP contribution is -2.38. The van der Waals surface area contributed by atoms with E-state index in [2.05, 4.69) is 12.2 Å². The predicted octanol–water partition coefficient (Wildman–Crippen LogP) is 1.60. The minimum atomic E-state index is -0.218. The quantitative estimate of drug-likeness (QED) is 0.766. The summed E-state index contributed by atoms with van der Waals surface area (Å²) in [7, 11) is 0. The number of amides is 2. The summed E-state index contributed by atoms with van der Waals surface area (Å²) in [5.41, 5.74) is 1.22. The zero-order valence-electron chi connectivity index (χ0n) is 12.3. The number of carbonyl (C=O) groups excluding carboxylic acids is 2. The van der Waals surface area contributed by atoms with Gasteiger partial charge in [0, 0.05) is 13.1 Å². The maximum absolute atomic E-state index is 11.7. The highest BCUT2D eigenvalue weighted by Gasteiger charge is 2.25. The molecule has 1 aliphatic rings. The molecule has 0 unspecified atom stereocenters. The van der Waals surface area contributed by atoms with Crippen LogP contribution in [0.5, 0.6) is 5.75 Å². The summed E-state index contributed by atoms with van der Waals surface area (Å²) in [4.78, 5) is 24.7. The average Bonchev–Trinajstić information content (AvgIpc) is 2.85. The molecule has 7 heteroatoms. The number of benzene rings is 1. The summed E-state index contributed by atoms with van der Waals surface area (Å²) in [5.74, 6) is 0.838. The number of nitrogens with one attached hydrogen (secondary N) is 1. The van der Waals surface area contributed by atoms with E-state index in [0.29, 0.717) is 28.9 Å². The van der Waals surface area contributed by atoms with Gasteiger partial charge in [-0.3, -0.25) is 14.5 Å². The summed E-state index contributed by atoms with van der Waals surface area (Å²) in [6, 6.07) is 7.66. The second-order valence-electron chi connectivity index (χ2n) is 4.74. The number of hydrogen-bond donors (Lipinski definition) is 1. The third-order valence-electron chi connectivity index (χ3n) is 3.20. The van der Waals surface area contributed by atoms with E-state index in [1.54, 1.807) is 0 Å². The van der Waals surface area contributed by atoms with Crippen molar-refractivity contribution in [2.24, 2.45) is 0 Å². The van der Waals surface area contributed by atoms with Crippen LogP contribution in [0.3, 0.4) is 0 Å². The van der Waals surface area contributed by atoms with E-state index in [0.717, 1.165) is 6.42 Å². The van der Waals surface area contributed by atoms with Gasteiger partial charge in [0.2, 0.25) is 5.91 Å². The van der Waals surface area contributed by atoms with Crippen LogP contribution in [-0.2, 0) is 16.0 Å². The summed E-state index contributed by atoms with van der Waals surface area (Å²) in [6.45, 7) is 2.81. The number of thioether (sulfide) groups is 1. The van der Waals surface area contributed by atoms with Crippen LogP contribution in [-0.4, -0.2) is 46.5 Å². The van der Waals surface area contributed by atoms with Crippen molar-refractivity contribution in [2.45, 2.75) is 13.3 Å². The van der Waals surface area contributed by atoms with Crippen LogP contribution in [0.2, 0.25) is 0 Å². The molecule has 0 radical (unpaired) electrons. The second kappa shape index (κ2) is 8.14. The highest BCUT2D eigenvalue weighted by molar-refractivity contribution is 8.23. The lowest BCUT2D eigenvalue weighted by Gasteiger charge is -2.15. The molecule has 1 saturated heterocycles. The molecule has 0 atom stereocenters. The van der Waals surface area contributed by atoms with Crippen LogP contribution in [0.1, 0.15) is 12.5 Å². The normalized spacial score (nSPS) is 14.3. The highest BCUT2D eigenvalue weighted by atomic mass is 32.2. The van der Waals surface area contributed by atoms with Gasteiger partial charge in [-0.15, -0.1) is 0 Å². The van der Waals surface area contributed by atoms with Crippen molar-refractivity contribution in [3.63, 3.8) is 0 Å². The van der Waals surface area contributed by atoms with Crippen LogP contribution >= 0.6 is 24.0 Å². The van der Waals surface area contributed by atoms with Gasteiger partial charge in [-0.25, -0.2) is 0 Å². The van der Waals surface area contributed by atoms with E-state index in [1.165, 1.54) is 22.2 Å². The van der Waals surface area contributed by atoms with Crippen molar-refractivity contribution in [1.29, 1.82) is 0 Å². The Labute approximate surface area is 139 Å². The van der Waals surface area contributed by atoms with E-state index in [9.17, 15) is 9.59 Å². The molecule has 0 bridgehead atoms. The SMILES string of the molecule is CCc1ccc(OCC(=O)NCCN2C(=O)CSC2=S)cc1. The second-order valence-corrected chi connectivity index (χ2v) is 6.35. The maximum Gasteiger partial charge on any atom is 0.258 e. The number of ether oxygens (including phenoxy) is 1. The largest absolute Gasteiger partial charge is 0.484 e. The van der Waals surface area contributed by atoms with Gasteiger partial charge in [0.15, 0.2) is 6.61 Å². The summed E-state index contributed by atoms with van der Waals surface area (Å²) in [6.07, 6.45) is 0.968. The van der Waals surface area contributed by atoms with Crippen molar-refractivity contribution < 1.29 is 14.3 Å². The molecule has 0 saturated carbocycles. The highest BCUT2D eigenvalue weighted by Crippen LogP contribution is 2.18. The van der Waals surface area contributed by atoms with E-state index in [4.69, 9.17) is 17.0 Å². The molecule has 2 rings (SSSR count). The molecule has 0 aliphatic carbocycles. The predicted molar refractivity (Wildman–Crippen MR) is 91.1 cm³/mol. The summed E-state index contributed by atoms with van der Waals surface area (Å²) < 4.78 is 5.99. The van der Waals surface area contributed by atoms with Gasteiger partial charge >= 0.3 is 0 Å². The number of rotatable bonds is 7. The first kappa shape index (κ1) is 16.8. The zero-order valence-corrected chi connectivity index (χ0v) is 14.0. The first-order valence-electron chi connectivity index (χ1n) is 7.05. The fourth-order valence-corrected chi connectivity index (χ4v) is 3.05. The van der Waals surface area contributed by atoms with Crippen molar-refractivity contribution in [1.82, 2.24) is 10.2 Å². The third-order valence-corrected chi connectivity index (χ3v) is 4.63. The molecule has 5 nitrogen and oxygen atoms in total. The monoisotopic (exact) mass is 338 g/mol. The molecule has 0 aromatic heterocycles. The lowest BCUT2D eigenvalue weighted by atomic mass is 10.2. The van der Waals surface area contributed by atoms with Crippen LogP contribution in [0.4, 0.5) is 0 Å². The molecule has 1 heterocycles. The molecular formula is C15H18N2O3S2. The van der Waals surface area contributed by atoms with Crippen LogP contribution in [0, 0.1) is 0 Å². The number of carbonyl (C=O) groups is 2. The molecule has 2 amide bonds. The minimum Gasteiger partial charge on any atom is -0.484 e. The Morgan fingerprint density at radius 2 is 2.14 bits per heavy atom. The molecule has 0 spiro atoms. The van der Waals surface area contributed by atoms with Crippen molar-refractivity contribution in [2.75, 3.05) is 25.4 Å². The molecule has 118 valence electrons. The minimum absolute atomic E-state index is 0.00323. The van der Waals surface area contributed by atoms with Crippen molar-refractivity contribution in [3.8, 4) is 5.75 Å². The van der Waals surface area contributed by atoms with Gasteiger partial charge in [0.1, 0.15) is 10.1 Å². The van der Waals surface area contributed by atoms with E-state index >= 15 is 0 Å². The Hall–Kier alpha value is -1.60. The Morgan fingerprint density at radius 3 is 2.73 bits per heavy atom. The molecule has 1 aliphatic heterocycles. The van der Waals surface area contributed by atoms with Crippen molar-refractivity contribution >= 4 is 40.1 Å². The number of hydrogen-bond acceptors (Lipinski definition) is 5. The Bertz CT molecular complexity index is 544.